The largest absolute Gasteiger partial charge is 0.497 e. The average Bonchev–Trinajstić information content (AvgIpc) is 2.84. The Balaban J connectivity index is 1.92. The van der Waals surface area contributed by atoms with E-state index in [0.717, 1.165) is 31.0 Å². The summed E-state index contributed by atoms with van der Waals surface area (Å²) >= 11 is 0. The molecular weight excluding hydrogens is 262 g/mol. The molecule has 0 saturated carbocycles. The fourth-order valence-corrected chi connectivity index (χ4v) is 2.20. The van der Waals surface area contributed by atoms with E-state index in [0.29, 0.717) is 6.04 Å². The lowest BCUT2D eigenvalue weighted by Crippen LogP contribution is -2.21. The van der Waals surface area contributed by atoms with Crippen molar-refractivity contribution in [3.8, 4) is 5.75 Å². The van der Waals surface area contributed by atoms with Crippen molar-refractivity contribution in [3.63, 3.8) is 0 Å². The number of aryl methyl sites for hydroxylation is 3. The van der Waals surface area contributed by atoms with Crippen LogP contribution in [0.4, 0.5) is 0 Å². The molecule has 1 heterocycles. The van der Waals surface area contributed by atoms with Crippen LogP contribution in [0.1, 0.15) is 30.7 Å². The first-order chi connectivity index (χ1) is 10.1. The standard InChI is InChI=1S/C17H25N3O/c1-13(2)18-11-16-12-20(19-14(16)3)10-9-15-5-7-17(21-4)8-6-15/h5-8,12-13,18H,9-11H2,1-4H3. The lowest BCUT2D eigenvalue weighted by Gasteiger charge is -2.06. The summed E-state index contributed by atoms with van der Waals surface area (Å²) in [4.78, 5) is 0. The number of hydrogen-bond acceptors (Lipinski definition) is 3. The number of nitrogens with one attached hydrogen (secondary N) is 1. The van der Waals surface area contributed by atoms with Crippen LogP contribution in [0, 0.1) is 6.92 Å². The summed E-state index contributed by atoms with van der Waals surface area (Å²) in [5, 5.41) is 8.02. The van der Waals surface area contributed by atoms with E-state index < -0.39 is 0 Å². The minimum Gasteiger partial charge on any atom is -0.497 e. The van der Waals surface area contributed by atoms with Gasteiger partial charge in [0.15, 0.2) is 0 Å². The summed E-state index contributed by atoms with van der Waals surface area (Å²) in [5.74, 6) is 0.899. The van der Waals surface area contributed by atoms with Gasteiger partial charge < -0.3 is 10.1 Å². The third-order valence-corrected chi connectivity index (χ3v) is 3.54. The molecule has 1 N–H and O–H groups in total. The van der Waals surface area contributed by atoms with Gasteiger partial charge in [-0.1, -0.05) is 26.0 Å². The van der Waals surface area contributed by atoms with E-state index in [-0.39, 0.29) is 0 Å². The Morgan fingerprint density at radius 3 is 2.57 bits per heavy atom. The van der Waals surface area contributed by atoms with Gasteiger partial charge in [0.1, 0.15) is 5.75 Å². The second-order valence-electron chi connectivity index (χ2n) is 5.64. The summed E-state index contributed by atoms with van der Waals surface area (Å²) < 4.78 is 7.21. The Morgan fingerprint density at radius 1 is 1.24 bits per heavy atom. The van der Waals surface area contributed by atoms with Crippen LogP contribution in [-0.4, -0.2) is 22.9 Å². The Labute approximate surface area is 127 Å². The molecule has 0 aliphatic heterocycles. The quantitative estimate of drug-likeness (QED) is 0.851. The molecule has 2 rings (SSSR count). The van der Waals surface area contributed by atoms with E-state index in [4.69, 9.17) is 4.74 Å². The van der Waals surface area contributed by atoms with Crippen LogP contribution in [0.25, 0.3) is 0 Å². The lowest BCUT2D eigenvalue weighted by atomic mass is 10.1. The van der Waals surface area contributed by atoms with E-state index >= 15 is 0 Å². The van der Waals surface area contributed by atoms with Crippen LogP contribution in [0.2, 0.25) is 0 Å². The molecule has 4 heteroatoms. The summed E-state index contributed by atoms with van der Waals surface area (Å²) in [5.41, 5.74) is 3.68. The Hall–Kier alpha value is -1.81. The van der Waals surface area contributed by atoms with Gasteiger partial charge in [0.25, 0.3) is 0 Å². The Morgan fingerprint density at radius 2 is 1.95 bits per heavy atom. The molecule has 2 aromatic rings. The first-order valence-corrected chi connectivity index (χ1v) is 7.47. The highest BCUT2D eigenvalue weighted by molar-refractivity contribution is 5.27. The summed E-state index contributed by atoms with van der Waals surface area (Å²) in [6, 6.07) is 8.71. The third kappa shape index (κ3) is 4.60. The predicted molar refractivity (Wildman–Crippen MR) is 85.6 cm³/mol. The van der Waals surface area contributed by atoms with Crippen molar-refractivity contribution in [1.29, 1.82) is 0 Å². The third-order valence-electron chi connectivity index (χ3n) is 3.54. The fraction of sp³-hybridized carbons (Fsp3) is 0.471. The molecular formula is C17H25N3O. The van der Waals surface area contributed by atoms with Crippen molar-refractivity contribution in [2.24, 2.45) is 0 Å². The number of rotatable bonds is 7. The maximum absolute atomic E-state index is 5.17. The molecule has 0 fully saturated rings. The van der Waals surface area contributed by atoms with Gasteiger partial charge in [-0.2, -0.15) is 5.10 Å². The van der Waals surface area contributed by atoms with E-state index in [1.165, 1.54) is 11.1 Å². The lowest BCUT2D eigenvalue weighted by molar-refractivity contribution is 0.414. The maximum atomic E-state index is 5.17. The Bertz CT molecular complexity index is 558. The molecule has 114 valence electrons. The van der Waals surface area contributed by atoms with E-state index in [1.807, 2.05) is 16.8 Å². The smallest absolute Gasteiger partial charge is 0.118 e. The van der Waals surface area contributed by atoms with Crippen molar-refractivity contribution in [2.45, 2.75) is 46.3 Å². The second kappa shape index (κ2) is 7.27. The van der Waals surface area contributed by atoms with Crippen molar-refractivity contribution >= 4 is 0 Å². The molecule has 0 spiro atoms. The molecule has 1 aromatic heterocycles. The van der Waals surface area contributed by atoms with Gasteiger partial charge in [-0.25, -0.2) is 0 Å². The first-order valence-electron chi connectivity index (χ1n) is 7.47. The van der Waals surface area contributed by atoms with Crippen LogP contribution in [0.5, 0.6) is 5.75 Å². The highest BCUT2D eigenvalue weighted by Crippen LogP contribution is 2.13. The second-order valence-corrected chi connectivity index (χ2v) is 5.64. The fourth-order valence-electron chi connectivity index (χ4n) is 2.20. The van der Waals surface area contributed by atoms with Crippen molar-refractivity contribution in [3.05, 3.63) is 47.3 Å². The number of ether oxygens (including phenoxy) is 1. The molecule has 0 radical (unpaired) electrons. The monoisotopic (exact) mass is 287 g/mol. The number of nitrogens with zero attached hydrogens (tertiary/aromatic N) is 2. The first kappa shape index (κ1) is 15.6. The summed E-state index contributed by atoms with van der Waals surface area (Å²) in [6.45, 7) is 8.16. The summed E-state index contributed by atoms with van der Waals surface area (Å²) in [6.07, 6.45) is 3.12. The van der Waals surface area contributed by atoms with Gasteiger partial charge in [0.2, 0.25) is 0 Å². The molecule has 0 bridgehead atoms. The van der Waals surface area contributed by atoms with Crippen LogP contribution in [0.3, 0.4) is 0 Å². The average molecular weight is 287 g/mol. The molecule has 0 unspecified atom stereocenters. The SMILES string of the molecule is COc1ccc(CCn2cc(CNC(C)C)c(C)n2)cc1. The zero-order valence-electron chi connectivity index (χ0n) is 13.4. The van der Waals surface area contributed by atoms with Gasteiger partial charge in [-0.15, -0.1) is 0 Å². The highest BCUT2D eigenvalue weighted by Gasteiger charge is 2.05. The molecule has 0 amide bonds. The zero-order valence-corrected chi connectivity index (χ0v) is 13.4. The topological polar surface area (TPSA) is 39.1 Å². The van der Waals surface area contributed by atoms with Gasteiger partial charge in [-0.3, -0.25) is 4.68 Å². The molecule has 4 nitrogen and oxygen atoms in total. The molecule has 0 aliphatic rings. The van der Waals surface area contributed by atoms with Crippen LogP contribution in [0.15, 0.2) is 30.5 Å². The van der Waals surface area contributed by atoms with Gasteiger partial charge in [0.05, 0.1) is 12.8 Å². The van der Waals surface area contributed by atoms with E-state index in [1.54, 1.807) is 7.11 Å². The van der Waals surface area contributed by atoms with Crippen molar-refractivity contribution < 1.29 is 4.74 Å². The van der Waals surface area contributed by atoms with Gasteiger partial charge in [0, 0.05) is 30.9 Å². The number of aromatic nitrogens is 2. The van der Waals surface area contributed by atoms with Crippen LogP contribution < -0.4 is 10.1 Å². The normalized spacial score (nSPS) is 11.1. The Kier molecular flexibility index (Phi) is 5.39. The molecule has 21 heavy (non-hydrogen) atoms. The number of hydrogen-bond donors (Lipinski definition) is 1. The van der Waals surface area contributed by atoms with Crippen LogP contribution >= 0.6 is 0 Å². The number of methoxy groups -OCH3 is 1. The molecule has 0 atom stereocenters. The van der Waals surface area contributed by atoms with Gasteiger partial charge in [-0.05, 0) is 31.0 Å². The molecule has 0 saturated heterocycles. The van der Waals surface area contributed by atoms with E-state index in [9.17, 15) is 0 Å². The van der Waals surface area contributed by atoms with Gasteiger partial charge >= 0.3 is 0 Å². The van der Waals surface area contributed by atoms with E-state index in [2.05, 4.69) is 49.5 Å². The number of benzene rings is 1. The molecule has 1 aromatic carbocycles. The predicted octanol–water partition coefficient (Wildman–Crippen LogP) is 2.94. The van der Waals surface area contributed by atoms with Crippen LogP contribution in [-0.2, 0) is 19.5 Å². The minimum atomic E-state index is 0.493. The highest BCUT2D eigenvalue weighted by atomic mass is 16.5. The minimum absolute atomic E-state index is 0.493. The van der Waals surface area contributed by atoms with Crippen molar-refractivity contribution in [1.82, 2.24) is 15.1 Å². The van der Waals surface area contributed by atoms with Crippen molar-refractivity contribution in [2.75, 3.05) is 7.11 Å². The summed E-state index contributed by atoms with van der Waals surface area (Å²) in [7, 11) is 1.69. The zero-order chi connectivity index (χ0) is 15.2. The molecule has 0 aliphatic carbocycles. The maximum Gasteiger partial charge on any atom is 0.118 e.